The van der Waals surface area contributed by atoms with Crippen LogP contribution in [0.5, 0.6) is 0 Å². The van der Waals surface area contributed by atoms with Crippen LogP contribution in [0.4, 0.5) is 0 Å². The molecule has 1 aromatic rings. The van der Waals surface area contributed by atoms with E-state index in [2.05, 4.69) is 44.3 Å². The molecule has 1 rings (SSSR count). The molecule has 0 aliphatic heterocycles. The highest BCUT2D eigenvalue weighted by molar-refractivity contribution is 7.99. The maximum absolute atomic E-state index is 8.92. The molecule has 2 unspecified atom stereocenters. The molecule has 2 atom stereocenters. The van der Waals surface area contributed by atoms with E-state index in [-0.39, 0.29) is 6.61 Å². The van der Waals surface area contributed by atoms with Crippen LogP contribution in [0.25, 0.3) is 0 Å². The van der Waals surface area contributed by atoms with Crippen molar-refractivity contribution in [3.05, 3.63) is 34.9 Å². The van der Waals surface area contributed by atoms with Crippen molar-refractivity contribution in [1.82, 2.24) is 5.32 Å². The Kier molecular flexibility index (Phi) is 6.76. The summed E-state index contributed by atoms with van der Waals surface area (Å²) in [5, 5.41) is 12.8. The van der Waals surface area contributed by atoms with Gasteiger partial charge in [-0.3, -0.25) is 0 Å². The number of benzene rings is 1. The highest BCUT2D eigenvalue weighted by Crippen LogP contribution is 2.25. The van der Waals surface area contributed by atoms with Gasteiger partial charge in [-0.05, 0) is 38.4 Å². The predicted octanol–water partition coefficient (Wildman–Crippen LogP) is 3.07. The van der Waals surface area contributed by atoms with Crippen LogP contribution in [0.15, 0.2) is 18.2 Å². The molecule has 0 radical (unpaired) electrons. The van der Waals surface area contributed by atoms with E-state index in [4.69, 9.17) is 5.11 Å². The smallest absolute Gasteiger partial charge is 0.0441 e. The molecule has 1 aromatic carbocycles. The molecule has 3 heteroatoms. The fourth-order valence-corrected chi connectivity index (χ4v) is 3.21. The standard InChI is InChI=1S/C15H25NOS/c1-11-5-6-14(12(2)9-11)15(16-4)10-18-13(3)7-8-17/h5-6,9,13,15-17H,7-8,10H2,1-4H3. The lowest BCUT2D eigenvalue weighted by Crippen LogP contribution is -2.21. The third-order valence-corrected chi connectivity index (χ3v) is 4.56. The molecule has 0 bridgehead atoms. The fourth-order valence-electron chi connectivity index (χ4n) is 2.07. The highest BCUT2D eigenvalue weighted by atomic mass is 32.2. The predicted molar refractivity (Wildman–Crippen MR) is 81.3 cm³/mol. The lowest BCUT2D eigenvalue weighted by Gasteiger charge is -2.21. The third-order valence-electron chi connectivity index (χ3n) is 3.23. The largest absolute Gasteiger partial charge is 0.396 e. The van der Waals surface area contributed by atoms with Gasteiger partial charge >= 0.3 is 0 Å². The number of aliphatic hydroxyl groups excluding tert-OH is 1. The van der Waals surface area contributed by atoms with Crippen molar-refractivity contribution in [1.29, 1.82) is 0 Å². The summed E-state index contributed by atoms with van der Waals surface area (Å²) in [6.07, 6.45) is 0.869. The molecule has 2 N–H and O–H groups in total. The van der Waals surface area contributed by atoms with Crippen LogP contribution < -0.4 is 5.32 Å². The van der Waals surface area contributed by atoms with Gasteiger partial charge in [0.15, 0.2) is 0 Å². The van der Waals surface area contributed by atoms with Gasteiger partial charge in [0.1, 0.15) is 0 Å². The molecule has 0 fully saturated rings. The molecule has 0 aromatic heterocycles. The quantitative estimate of drug-likeness (QED) is 0.796. The Balaban J connectivity index is 2.65. The van der Waals surface area contributed by atoms with E-state index in [0.29, 0.717) is 11.3 Å². The van der Waals surface area contributed by atoms with Gasteiger partial charge in [0.2, 0.25) is 0 Å². The molecule has 0 saturated carbocycles. The second-order valence-corrected chi connectivity index (χ2v) is 6.33. The molecule has 0 saturated heterocycles. The maximum Gasteiger partial charge on any atom is 0.0441 e. The van der Waals surface area contributed by atoms with Crippen molar-refractivity contribution in [2.24, 2.45) is 0 Å². The molecule has 0 aliphatic carbocycles. The number of aliphatic hydroxyl groups is 1. The minimum atomic E-state index is 0.280. The van der Waals surface area contributed by atoms with Gasteiger partial charge in [-0.15, -0.1) is 0 Å². The first kappa shape index (κ1) is 15.5. The van der Waals surface area contributed by atoms with Crippen LogP contribution in [0.2, 0.25) is 0 Å². The first-order valence-corrected chi connectivity index (χ1v) is 7.60. The molecule has 0 aliphatic rings. The number of nitrogens with one attached hydrogen (secondary N) is 1. The Morgan fingerprint density at radius 3 is 2.61 bits per heavy atom. The minimum Gasteiger partial charge on any atom is -0.396 e. The van der Waals surface area contributed by atoms with Crippen molar-refractivity contribution < 1.29 is 5.11 Å². The Labute approximate surface area is 115 Å². The van der Waals surface area contributed by atoms with Crippen LogP contribution in [-0.2, 0) is 0 Å². The van der Waals surface area contributed by atoms with Crippen molar-refractivity contribution in [2.45, 2.75) is 38.5 Å². The second kappa shape index (κ2) is 7.82. The van der Waals surface area contributed by atoms with Crippen LogP contribution in [0.1, 0.15) is 36.1 Å². The van der Waals surface area contributed by atoms with Gasteiger partial charge in [0, 0.05) is 23.7 Å². The Hall–Kier alpha value is -0.510. The van der Waals surface area contributed by atoms with E-state index >= 15 is 0 Å². The summed E-state index contributed by atoms with van der Waals surface area (Å²) in [5.41, 5.74) is 4.05. The van der Waals surface area contributed by atoms with E-state index in [1.807, 2.05) is 18.8 Å². The lowest BCUT2D eigenvalue weighted by atomic mass is 10.0. The zero-order valence-corrected chi connectivity index (χ0v) is 12.7. The first-order valence-electron chi connectivity index (χ1n) is 6.55. The number of rotatable bonds is 7. The summed E-state index contributed by atoms with van der Waals surface area (Å²) >= 11 is 1.92. The van der Waals surface area contributed by atoms with E-state index in [0.717, 1.165) is 12.2 Å². The van der Waals surface area contributed by atoms with Gasteiger partial charge < -0.3 is 10.4 Å². The average Bonchev–Trinajstić information content (AvgIpc) is 2.32. The molecule has 18 heavy (non-hydrogen) atoms. The summed E-state index contributed by atoms with van der Waals surface area (Å²) in [5.74, 6) is 1.04. The van der Waals surface area contributed by atoms with Crippen LogP contribution in [0, 0.1) is 13.8 Å². The van der Waals surface area contributed by atoms with Gasteiger partial charge in [-0.2, -0.15) is 11.8 Å². The topological polar surface area (TPSA) is 32.3 Å². The number of hydrogen-bond acceptors (Lipinski definition) is 3. The van der Waals surface area contributed by atoms with Gasteiger partial charge in [0.05, 0.1) is 0 Å². The van der Waals surface area contributed by atoms with E-state index in [1.165, 1.54) is 16.7 Å². The second-order valence-electron chi connectivity index (χ2n) is 4.86. The SMILES string of the molecule is CNC(CSC(C)CCO)c1ccc(C)cc1C. The molecular formula is C15H25NOS. The van der Waals surface area contributed by atoms with Crippen molar-refractivity contribution >= 4 is 11.8 Å². The maximum atomic E-state index is 8.92. The van der Waals surface area contributed by atoms with Crippen LogP contribution >= 0.6 is 11.8 Å². The van der Waals surface area contributed by atoms with Crippen molar-refractivity contribution in [2.75, 3.05) is 19.4 Å². The summed E-state index contributed by atoms with van der Waals surface area (Å²) < 4.78 is 0. The Morgan fingerprint density at radius 2 is 2.06 bits per heavy atom. The minimum absolute atomic E-state index is 0.280. The van der Waals surface area contributed by atoms with Gasteiger partial charge in [-0.25, -0.2) is 0 Å². The molecule has 0 amide bonds. The van der Waals surface area contributed by atoms with E-state index in [9.17, 15) is 0 Å². The molecule has 102 valence electrons. The lowest BCUT2D eigenvalue weighted by molar-refractivity contribution is 0.289. The molecular weight excluding hydrogens is 242 g/mol. The zero-order valence-electron chi connectivity index (χ0n) is 11.9. The average molecular weight is 267 g/mol. The number of aryl methyl sites for hydroxylation is 2. The van der Waals surface area contributed by atoms with Gasteiger partial charge in [-0.1, -0.05) is 30.7 Å². The zero-order chi connectivity index (χ0) is 13.5. The summed E-state index contributed by atoms with van der Waals surface area (Å²) in [6, 6.07) is 7.02. The van der Waals surface area contributed by atoms with Crippen molar-refractivity contribution in [3.8, 4) is 0 Å². The van der Waals surface area contributed by atoms with E-state index < -0.39 is 0 Å². The Morgan fingerprint density at radius 1 is 1.33 bits per heavy atom. The van der Waals surface area contributed by atoms with Gasteiger partial charge in [0.25, 0.3) is 0 Å². The van der Waals surface area contributed by atoms with Crippen LogP contribution in [0.3, 0.4) is 0 Å². The molecule has 0 spiro atoms. The van der Waals surface area contributed by atoms with Crippen molar-refractivity contribution in [3.63, 3.8) is 0 Å². The summed E-state index contributed by atoms with van der Waals surface area (Å²) in [6.45, 7) is 6.76. The normalized spacial score (nSPS) is 14.5. The van der Waals surface area contributed by atoms with E-state index in [1.54, 1.807) is 0 Å². The van der Waals surface area contributed by atoms with Crippen LogP contribution in [-0.4, -0.2) is 29.8 Å². The molecule has 0 heterocycles. The Bertz CT molecular complexity index is 368. The highest BCUT2D eigenvalue weighted by Gasteiger charge is 2.13. The summed E-state index contributed by atoms with van der Waals surface area (Å²) in [4.78, 5) is 0. The number of hydrogen-bond donors (Lipinski definition) is 2. The monoisotopic (exact) mass is 267 g/mol. The molecule has 2 nitrogen and oxygen atoms in total. The third kappa shape index (κ3) is 4.63. The summed E-state index contributed by atoms with van der Waals surface area (Å²) in [7, 11) is 2.02. The number of thioether (sulfide) groups is 1. The first-order chi connectivity index (χ1) is 8.58. The fraction of sp³-hybridized carbons (Fsp3) is 0.600.